The van der Waals surface area contributed by atoms with E-state index >= 15 is 0 Å². The van der Waals surface area contributed by atoms with Gasteiger partial charge >= 0.3 is 0 Å². The maximum absolute atomic E-state index is 12.9. The van der Waals surface area contributed by atoms with Crippen LogP contribution in [0.2, 0.25) is 5.02 Å². The molecule has 2 aromatic rings. The smallest absolute Gasteiger partial charge is 0.277 e. The van der Waals surface area contributed by atoms with Crippen LogP contribution >= 0.6 is 23.4 Å². The van der Waals surface area contributed by atoms with E-state index in [1.54, 1.807) is 29.7 Å². The van der Waals surface area contributed by atoms with E-state index < -0.39 is 11.2 Å². The average Bonchev–Trinajstić information content (AvgIpc) is 2.92. The summed E-state index contributed by atoms with van der Waals surface area (Å²) in [6.45, 7) is 2.53. The topological polar surface area (TPSA) is 65.8 Å². The van der Waals surface area contributed by atoms with E-state index in [4.69, 9.17) is 11.6 Å². The number of aromatic hydroxyl groups is 1. The fraction of sp³-hybridized carbons (Fsp3) is 0.304. The Kier molecular flexibility index (Phi) is 4.90. The van der Waals surface area contributed by atoms with Crippen LogP contribution in [0.1, 0.15) is 35.4 Å². The van der Waals surface area contributed by atoms with E-state index in [0.29, 0.717) is 17.6 Å². The lowest BCUT2D eigenvalue weighted by atomic mass is 9.81. The second kappa shape index (κ2) is 7.50. The Morgan fingerprint density at radius 1 is 1.23 bits per heavy atom. The number of fused-ring (bicyclic) bond motifs is 2. The number of allylic oxidation sites excluding steroid dienone is 2. The van der Waals surface area contributed by atoms with Gasteiger partial charge in [0, 0.05) is 30.0 Å². The van der Waals surface area contributed by atoms with Crippen LogP contribution in [0.4, 0.5) is 0 Å². The first-order valence-electron chi connectivity index (χ1n) is 10.2. The number of pyridine rings is 1. The molecule has 0 spiro atoms. The quantitative estimate of drug-likeness (QED) is 0.705. The van der Waals surface area contributed by atoms with Gasteiger partial charge in [0.1, 0.15) is 6.67 Å². The van der Waals surface area contributed by atoms with Crippen molar-refractivity contribution < 1.29 is 9.90 Å². The molecule has 0 bridgehead atoms. The average molecular weight is 456 g/mol. The minimum absolute atomic E-state index is 0.0112. The monoisotopic (exact) mass is 455 g/mol. The van der Waals surface area contributed by atoms with Gasteiger partial charge in [-0.3, -0.25) is 19.3 Å². The predicted molar refractivity (Wildman–Crippen MR) is 122 cm³/mol. The summed E-state index contributed by atoms with van der Waals surface area (Å²) in [5.74, 6) is 0.208. The molecule has 1 aromatic heterocycles. The summed E-state index contributed by atoms with van der Waals surface area (Å²) in [7, 11) is 1.68. The number of halogens is 1. The van der Waals surface area contributed by atoms with Crippen LogP contribution in [-0.4, -0.2) is 40.1 Å². The Morgan fingerprint density at radius 2 is 2.03 bits per heavy atom. The zero-order valence-corrected chi connectivity index (χ0v) is 18.8. The van der Waals surface area contributed by atoms with E-state index in [1.807, 2.05) is 17.1 Å². The number of thioether (sulfide) groups is 1. The zero-order chi connectivity index (χ0) is 21.9. The molecule has 0 saturated heterocycles. The van der Waals surface area contributed by atoms with Crippen molar-refractivity contribution in [2.24, 2.45) is 5.92 Å². The van der Waals surface area contributed by atoms with Crippen LogP contribution in [0.15, 0.2) is 63.5 Å². The molecule has 31 heavy (non-hydrogen) atoms. The molecule has 3 heterocycles. The summed E-state index contributed by atoms with van der Waals surface area (Å²) in [6, 6.07) is 7.03. The van der Waals surface area contributed by atoms with Crippen molar-refractivity contribution in [1.29, 1.82) is 0 Å². The van der Waals surface area contributed by atoms with Crippen LogP contribution in [0.3, 0.4) is 0 Å². The van der Waals surface area contributed by atoms with Crippen LogP contribution in [0, 0.1) is 5.92 Å². The van der Waals surface area contributed by atoms with E-state index in [0.717, 1.165) is 22.6 Å². The fourth-order valence-electron chi connectivity index (χ4n) is 4.73. The Morgan fingerprint density at radius 3 is 2.84 bits per heavy atom. The van der Waals surface area contributed by atoms with Crippen molar-refractivity contribution in [3.63, 3.8) is 0 Å². The molecule has 2 unspecified atom stereocenters. The number of benzene rings is 1. The van der Waals surface area contributed by atoms with Gasteiger partial charge < -0.3 is 10.0 Å². The number of hydrogen-bond acceptors (Lipinski definition) is 5. The minimum Gasteiger partial charge on any atom is -0.502 e. The highest BCUT2D eigenvalue weighted by molar-refractivity contribution is 7.99. The Balaban J connectivity index is 1.80. The van der Waals surface area contributed by atoms with Crippen molar-refractivity contribution >= 4 is 29.3 Å². The molecule has 2 atom stereocenters. The van der Waals surface area contributed by atoms with Gasteiger partial charge in [-0.2, -0.15) is 0 Å². The van der Waals surface area contributed by atoms with E-state index in [1.165, 1.54) is 22.1 Å². The second-order valence-electron chi connectivity index (χ2n) is 8.17. The first-order chi connectivity index (χ1) is 14.9. The highest BCUT2D eigenvalue weighted by Gasteiger charge is 2.40. The third-order valence-corrected chi connectivity index (χ3v) is 7.83. The molecule has 3 aliphatic rings. The number of carbonyl (C=O) groups is 1. The second-order valence-corrected chi connectivity index (χ2v) is 9.57. The lowest BCUT2D eigenvalue weighted by Crippen LogP contribution is -2.54. The standard InChI is InChI=1S/C23H22ClN3O3S/c1-13-5-3-6-14-11-31-22-15(7-4-8-16(22)24)19(18(13)14)27-12-25(2)23(30)20-21(29)17(28)9-10-26(20)27/h3-4,6-10,13,19,29H,5,11-12H2,1-2H3. The molecule has 2 aliphatic heterocycles. The van der Waals surface area contributed by atoms with Gasteiger partial charge in [0.05, 0.1) is 11.1 Å². The number of rotatable bonds is 1. The van der Waals surface area contributed by atoms with Crippen molar-refractivity contribution in [1.82, 2.24) is 9.58 Å². The Hall–Kier alpha value is -2.64. The zero-order valence-electron chi connectivity index (χ0n) is 17.2. The minimum atomic E-state index is -0.566. The molecule has 160 valence electrons. The molecule has 1 aromatic carbocycles. The van der Waals surface area contributed by atoms with Gasteiger partial charge in [0.25, 0.3) is 5.91 Å². The fourth-order valence-corrected chi connectivity index (χ4v) is 6.19. The highest BCUT2D eigenvalue weighted by Crippen LogP contribution is 2.48. The third-order valence-electron chi connectivity index (χ3n) is 6.20. The van der Waals surface area contributed by atoms with Gasteiger partial charge in [-0.1, -0.05) is 42.8 Å². The number of amides is 1. The molecule has 0 radical (unpaired) electrons. The Bertz CT molecular complexity index is 1220. The third kappa shape index (κ3) is 3.10. The van der Waals surface area contributed by atoms with Crippen molar-refractivity contribution in [2.75, 3.05) is 24.5 Å². The molecule has 5 rings (SSSR count). The summed E-state index contributed by atoms with van der Waals surface area (Å²) in [6.07, 6.45) is 6.91. The number of carbonyl (C=O) groups excluding carboxylic acids is 1. The molecular weight excluding hydrogens is 434 g/mol. The molecule has 0 fully saturated rings. The first kappa shape index (κ1) is 20.3. The predicted octanol–water partition coefficient (Wildman–Crippen LogP) is 3.93. The van der Waals surface area contributed by atoms with Gasteiger partial charge in [-0.25, -0.2) is 0 Å². The lowest BCUT2D eigenvalue weighted by Gasteiger charge is -2.45. The van der Waals surface area contributed by atoms with Gasteiger partial charge in [-0.05, 0) is 35.1 Å². The van der Waals surface area contributed by atoms with E-state index in [2.05, 4.69) is 25.1 Å². The van der Waals surface area contributed by atoms with E-state index in [-0.39, 0.29) is 17.6 Å². The van der Waals surface area contributed by atoms with Gasteiger partial charge in [-0.15, -0.1) is 11.8 Å². The maximum atomic E-state index is 12.9. The van der Waals surface area contributed by atoms with Crippen molar-refractivity contribution in [3.8, 4) is 5.75 Å². The molecule has 1 N–H and O–H groups in total. The number of nitrogens with zero attached hydrogens (tertiary/aromatic N) is 3. The normalized spacial score (nSPS) is 22.7. The molecule has 1 amide bonds. The molecular formula is C23H22ClN3O3S. The summed E-state index contributed by atoms with van der Waals surface area (Å²) in [5.41, 5.74) is 3.03. The summed E-state index contributed by atoms with van der Waals surface area (Å²) < 4.78 is 1.64. The molecule has 0 saturated carbocycles. The van der Waals surface area contributed by atoms with Crippen LogP contribution in [0.25, 0.3) is 0 Å². The summed E-state index contributed by atoms with van der Waals surface area (Å²) in [4.78, 5) is 27.5. The largest absolute Gasteiger partial charge is 0.502 e. The van der Waals surface area contributed by atoms with E-state index in [9.17, 15) is 14.7 Å². The van der Waals surface area contributed by atoms with Crippen LogP contribution in [0.5, 0.6) is 5.75 Å². The SMILES string of the molecule is CC1CC=CC2=C1C(N1CN(C)C(=O)c3c(O)c(=O)ccn31)c1cccc(Cl)c1SC2. The molecule has 6 nitrogen and oxygen atoms in total. The van der Waals surface area contributed by atoms with Crippen molar-refractivity contribution in [2.45, 2.75) is 24.3 Å². The summed E-state index contributed by atoms with van der Waals surface area (Å²) in [5, 5.41) is 13.2. The van der Waals surface area contributed by atoms with Gasteiger partial charge in [0.15, 0.2) is 11.4 Å². The molecule has 8 heteroatoms. The number of hydrogen-bond donors (Lipinski definition) is 1. The lowest BCUT2D eigenvalue weighted by molar-refractivity contribution is 0.0725. The first-order valence-corrected chi connectivity index (χ1v) is 11.5. The Labute approximate surface area is 189 Å². The highest BCUT2D eigenvalue weighted by atomic mass is 35.5. The van der Waals surface area contributed by atoms with Crippen LogP contribution < -0.4 is 10.4 Å². The summed E-state index contributed by atoms with van der Waals surface area (Å²) >= 11 is 8.35. The van der Waals surface area contributed by atoms with Gasteiger partial charge in [0.2, 0.25) is 5.43 Å². The van der Waals surface area contributed by atoms with Crippen molar-refractivity contribution in [3.05, 3.63) is 80.3 Å². The maximum Gasteiger partial charge on any atom is 0.277 e. The molecule has 1 aliphatic carbocycles. The van der Waals surface area contributed by atoms with Crippen LogP contribution in [-0.2, 0) is 0 Å². The number of aromatic nitrogens is 1.